The van der Waals surface area contributed by atoms with Gasteiger partial charge in [0.25, 0.3) is 0 Å². The Morgan fingerprint density at radius 3 is 2.24 bits per heavy atom. The molecule has 0 spiro atoms. The fraction of sp³-hybridized carbons (Fsp3) is 0.455. The molecular formula is C11H15FO3S2. The van der Waals surface area contributed by atoms with Crippen LogP contribution in [0.1, 0.15) is 13.8 Å². The fourth-order valence-corrected chi connectivity index (χ4v) is 3.81. The minimum absolute atomic E-state index is 0.0478. The topological polar surface area (TPSA) is 51.2 Å². The highest BCUT2D eigenvalue weighted by Crippen LogP contribution is 2.10. The number of rotatable bonds is 5. The van der Waals surface area contributed by atoms with Gasteiger partial charge in [-0.1, -0.05) is 0 Å². The van der Waals surface area contributed by atoms with Crippen molar-refractivity contribution in [1.29, 1.82) is 0 Å². The van der Waals surface area contributed by atoms with E-state index in [1.807, 2.05) is 0 Å². The monoisotopic (exact) mass is 278 g/mol. The van der Waals surface area contributed by atoms with Crippen molar-refractivity contribution >= 4 is 20.6 Å². The first-order valence-corrected chi connectivity index (χ1v) is 8.22. The van der Waals surface area contributed by atoms with Crippen LogP contribution >= 0.6 is 0 Å². The zero-order chi connectivity index (χ0) is 13.1. The van der Waals surface area contributed by atoms with E-state index in [-0.39, 0.29) is 11.5 Å². The zero-order valence-electron chi connectivity index (χ0n) is 9.72. The molecule has 0 bridgehead atoms. The molecule has 0 fully saturated rings. The number of halogens is 1. The quantitative estimate of drug-likeness (QED) is 0.824. The van der Waals surface area contributed by atoms with Gasteiger partial charge in [0.1, 0.15) is 5.82 Å². The second-order valence-corrected chi connectivity index (χ2v) is 8.17. The summed E-state index contributed by atoms with van der Waals surface area (Å²) in [7, 11) is -4.58. The predicted octanol–water partition coefficient (Wildman–Crippen LogP) is 1.76. The molecule has 0 radical (unpaired) electrons. The molecule has 0 saturated heterocycles. The summed E-state index contributed by atoms with van der Waals surface area (Å²) in [6, 6.07) is 5.25. The van der Waals surface area contributed by atoms with E-state index in [9.17, 15) is 17.0 Å². The Kier molecular flexibility index (Phi) is 4.82. The molecule has 1 aromatic rings. The second kappa shape index (κ2) is 5.73. The van der Waals surface area contributed by atoms with E-state index in [0.717, 1.165) is 0 Å². The molecule has 0 aliphatic rings. The third-order valence-electron chi connectivity index (χ3n) is 2.35. The molecule has 17 heavy (non-hydrogen) atoms. The van der Waals surface area contributed by atoms with E-state index in [1.165, 1.54) is 24.3 Å². The van der Waals surface area contributed by atoms with Crippen molar-refractivity contribution in [2.45, 2.75) is 24.0 Å². The van der Waals surface area contributed by atoms with Crippen molar-refractivity contribution in [1.82, 2.24) is 0 Å². The maximum absolute atomic E-state index is 12.6. The van der Waals surface area contributed by atoms with E-state index < -0.39 is 31.7 Å². The van der Waals surface area contributed by atoms with Crippen molar-refractivity contribution in [2.24, 2.45) is 0 Å². The number of hydrogen-bond donors (Lipinski definition) is 0. The molecule has 0 saturated carbocycles. The Morgan fingerprint density at radius 1 is 1.24 bits per heavy atom. The molecule has 0 aliphatic heterocycles. The lowest BCUT2D eigenvalue weighted by Crippen LogP contribution is -2.21. The van der Waals surface area contributed by atoms with Crippen molar-refractivity contribution < 1.29 is 17.0 Å². The molecule has 1 unspecified atom stereocenters. The Morgan fingerprint density at radius 2 is 1.76 bits per heavy atom. The minimum Gasteiger partial charge on any atom is -0.254 e. The smallest absolute Gasteiger partial charge is 0.153 e. The van der Waals surface area contributed by atoms with Crippen LogP contribution in [0.2, 0.25) is 0 Å². The van der Waals surface area contributed by atoms with E-state index in [2.05, 4.69) is 0 Å². The summed E-state index contributed by atoms with van der Waals surface area (Å²) in [6.07, 6.45) is 0. The highest BCUT2D eigenvalue weighted by molar-refractivity contribution is 7.93. The normalized spacial score (nSPS) is 13.9. The van der Waals surface area contributed by atoms with Crippen molar-refractivity contribution in [3.63, 3.8) is 0 Å². The summed E-state index contributed by atoms with van der Waals surface area (Å²) in [5.74, 6) is -0.471. The van der Waals surface area contributed by atoms with E-state index in [4.69, 9.17) is 0 Å². The lowest BCUT2D eigenvalue weighted by molar-refractivity contribution is 0.588. The Bertz CT molecular complexity index is 492. The molecule has 3 nitrogen and oxygen atoms in total. The maximum Gasteiger partial charge on any atom is 0.153 e. The Balaban J connectivity index is 2.65. The third-order valence-corrected chi connectivity index (χ3v) is 6.19. The molecule has 96 valence electrons. The summed E-state index contributed by atoms with van der Waals surface area (Å²) in [4.78, 5) is 0.449. The largest absolute Gasteiger partial charge is 0.254 e. The van der Waals surface area contributed by atoms with Crippen molar-refractivity contribution in [2.75, 3.05) is 11.5 Å². The molecule has 0 amide bonds. The van der Waals surface area contributed by atoms with E-state index in [1.54, 1.807) is 13.8 Å². The van der Waals surface area contributed by atoms with Crippen LogP contribution in [0.4, 0.5) is 4.39 Å². The standard InChI is InChI=1S/C11H15FO3S2/c1-9(2)17(14,15)8-7-16(13)11-5-3-10(12)4-6-11/h3-6,9H,7-8H2,1-2H3. The van der Waals surface area contributed by atoms with Gasteiger partial charge in [0, 0.05) is 10.6 Å². The van der Waals surface area contributed by atoms with Gasteiger partial charge in [-0.25, -0.2) is 12.8 Å². The van der Waals surface area contributed by atoms with Crippen LogP contribution in [0.5, 0.6) is 0 Å². The van der Waals surface area contributed by atoms with Crippen molar-refractivity contribution in [3.8, 4) is 0 Å². The lowest BCUT2D eigenvalue weighted by atomic mass is 10.4. The zero-order valence-corrected chi connectivity index (χ0v) is 11.4. The van der Waals surface area contributed by atoms with Gasteiger partial charge in [-0.3, -0.25) is 4.21 Å². The molecular weight excluding hydrogens is 263 g/mol. The summed E-state index contributed by atoms with van der Waals surface area (Å²) < 4.78 is 47.4. The predicted molar refractivity (Wildman–Crippen MR) is 66.6 cm³/mol. The first kappa shape index (κ1) is 14.3. The van der Waals surface area contributed by atoms with Crippen LogP contribution in [0.3, 0.4) is 0 Å². The number of hydrogen-bond acceptors (Lipinski definition) is 3. The highest BCUT2D eigenvalue weighted by atomic mass is 32.2. The summed E-state index contributed by atoms with van der Waals surface area (Å²) in [6.45, 7) is 3.19. The SMILES string of the molecule is CC(C)S(=O)(=O)CCS(=O)c1ccc(F)cc1. The molecule has 1 aromatic carbocycles. The molecule has 0 aromatic heterocycles. The first-order chi connectivity index (χ1) is 7.83. The molecule has 0 aliphatic carbocycles. The third kappa shape index (κ3) is 4.20. The number of benzene rings is 1. The highest BCUT2D eigenvalue weighted by Gasteiger charge is 2.17. The van der Waals surface area contributed by atoms with Gasteiger partial charge in [0.15, 0.2) is 9.84 Å². The van der Waals surface area contributed by atoms with Gasteiger partial charge in [0.2, 0.25) is 0 Å². The van der Waals surface area contributed by atoms with Gasteiger partial charge in [-0.05, 0) is 38.1 Å². The first-order valence-electron chi connectivity index (χ1n) is 5.18. The van der Waals surface area contributed by atoms with E-state index >= 15 is 0 Å². The van der Waals surface area contributed by atoms with Crippen LogP contribution in [-0.2, 0) is 20.6 Å². The Labute approximate surface area is 103 Å². The van der Waals surface area contributed by atoms with Gasteiger partial charge in [0.05, 0.1) is 21.8 Å². The summed E-state index contributed by atoms with van der Waals surface area (Å²) in [5, 5.41) is -0.465. The Hall–Kier alpha value is -0.750. The second-order valence-electron chi connectivity index (χ2n) is 3.92. The molecule has 1 atom stereocenters. The van der Waals surface area contributed by atoms with Crippen LogP contribution in [0.25, 0.3) is 0 Å². The lowest BCUT2D eigenvalue weighted by Gasteiger charge is -2.07. The van der Waals surface area contributed by atoms with Crippen LogP contribution < -0.4 is 0 Å². The molecule has 0 N–H and O–H groups in total. The van der Waals surface area contributed by atoms with Crippen LogP contribution in [0, 0.1) is 5.82 Å². The minimum atomic E-state index is -3.18. The molecule has 1 rings (SSSR count). The van der Waals surface area contributed by atoms with Crippen LogP contribution in [0.15, 0.2) is 29.2 Å². The average molecular weight is 278 g/mol. The number of sulfone groups is 1. The average Bonchev–Trinajstić information content (AvgIpc) is 2.27. The van der Waals surface area contributed by atoms with Gasteiger partial charge in [-0.2, -0.15) is 0 Å². The molecule has 6 heteroatoms. The summed E-state index contributed by atoms with van der Waals surface area (Å²) in [5.41, 5.74) is 0. The van der Waals surface area contributed by atoms with Crippen LogP contribution in [-0.4, -0.2) is 29.4 Å². The summed E-state index contributed by atoms with van der Waals surface area (Å²) >= 11 is 0. The van der Waals surface area contributed by atoms with Gasteiger partial charge < -0.3 is 0 Å². The molecule has 0 heterocycles. The van der Waals surface area contributed by atoms with E-state index in [0.29, 0.717) is 4.90 Å². The van der Waals surface area contributed by atoms with Gasteiger partial charge in [-0.15, -0.1) is 0 Å². The van der Waals surface area contributed by atoms with Crippen molar-refractivity contribution in [3.05, 3.63) is 30.1 Å². The fourth-order valence-electron chi connectivity index (χ4n) is 1.13. The maximum atomic E-state index is 12.6. The van der Waals surface area contributed by atoms with Gasteiger partial charge >= 0.3 is 0 Å².